The molecule has 0 bridgehead atoms. The molecule has 0 aromatic heterocycles. The molecule has 0 unspecified atom stereocenters. The van der Waals surface area contributed by atoms with E-state index in [4.69, 9.17) is 12.2 Å². The Balaban J connectivity index is 2.01. The van der Waals surface area contributed by atoms with E-state index in [9.17, 15) is 15.0 Å². The van der Waals surface area contributed by atoms with E-state index in [2.05, 4.69) is 6.08 Å². The summed E-state index contributed by atoms with van der Waals surface area (Å²) in [6.45, 7) is 0. The van der Waals surface area contributed by atoms with Gasteiger partial charge in [-0.15, -0.1) is 0 Å². The average molecular weight is 373 g/mol. The first kappa shape index (κ1) is 19.7. The number of benzene rings is 2. The van der Waals surface area contributed by atoms with Crippen molar-refractivity contribution in [2.45, 2.75) is 31.8 Å². The normalized spacial score (nSPS) is 20.5. The number of phenols is 2. The molecule has 141 valence electrons. The Bertz CT molecular complexity index is 916. The number of carbonyl (C=O) groups is 1. The van der Waals surface area contributed by atoms with Gasteiger partial charge in [-0.2, -0.15) is 0 Å². The molecule has 0 fully saturated rings. The van der Waals surface area contributed by atoms with Gasteiger partial charge in [-0.05, 0) is 0 Å². The summed E-state index contributed by atoms with van der Waals surface area (Å²) in [6.07, 6.45) is 9.78. The molecule has 1 aliphatic rings. The Labute approximate surface area is 165 Å². The van der Waals surface area contributed by atoms with E-state index in [1.165, 1.54) is 6.07 Å². The number of ether oxygens (including phenoxy) is 1. The molecule has 0 amide bonds. The molecule has 0 saturated carbocycles. The van der Waals surface area contributed by atoms with Crippen LogP contribution in [0, 0.1) is 0 Å². The first-order chi connectivity index (χ1) is 13.5. The molecule has 1 atom stereocenters. The van der Waals surface area contributed by atoms with Crippen LogP contribution in [-0.2, 0) is 11.2 Å². The maximum absolute atomic E-state index is 12.9. The minimum atomic E-state index is -0.649. The first-order valence-corrected chi connectivity index (χ1v) is 9.28. The Hall–Kier alpha value is -3.08. The van der Waals surface area contributed by atoms with Crippen LogP contribution in [0.2, 0.25) is 0 Å². The van der Waals surface area contributed by atoms with E-state index in [0.717, 1.165) is 24.5 Å². The Morgan fingerprint density at radius 3 is 2.54 bits per heavy atom. The van der Waals surface area contributed by atoms with E-state index in [1.807, 2.05) is 42.5 Å². The predicted molar refractivity (Wildman–Crippen MR) is 111 cm³/mol. The molecule has 4 nitrogen and oxygen atoms in total. The number of hydrogen-bond donors (Lipinski definition) is 2. The number of fused-ring (bicyclic) bond motifs is 1. The summed E-state index contributed by atoms with van der Waals surface area (Å²) in [5.74, 6) is -1.11. The van der Waals surface area contributed by atoms with Gasteiger partial charge in [-0.1, -0.05) is 0 Å². The number of rotatable bonds is 1. The molecule has 2 N–H and O–H groups in total. The topological polar surface area (TPSA) is 66.8 Å². The third-order valence-electron chi connectivity index (χ3n) is 4.55. The zero-order valence-corrected chi connectivity index (χ0v) is 15.5. The fraction of sp³-hybridized carbons (Fsp3) is 0.217. The first-order valence-electron chi connectivity index (χ1n) is 9.28. The fourth-order valence-corrected chi connectivity index (χ4v) is 3.20. The summed E-state index contributed by atoms with van der Waals surface area (Å²) < 4.78 is 5.76. The second-order valence-electron chi connectivity index (χ2n) is 6.74. The summed E-state index contributed by atoms with van der Waals surface area (Å²) in [5.41, 5.74) is 1.85. The van der Waals surface area contributed by atoms with Gasteiger partial charge in [-0.25, -0.2) is 0 Å². The molecule has 2 aromatic rings. The number of cyclic esters (lactones) is 1. The zero-order valence-electron chi connectivity index (χ0n) is 15.5. The summed E-state index contributed by atoms with van der Waals surface area (Å²) in [4.78, 5) is 12.9. The SMILES string of the molecule is [B]=C1/C=C/CC/C=C/C[C@@H](c2ccccc2)OC(=O)c2c(O)cc(O)cc2C1. The van der Waals surface area contributed by atoms with Crippen LogP contribution in [0.3, 0.4) is 0 Å². The van der Waals surface area contributed by atoms with Crippen LogP contribution in [0.25, 0.3) is 0 Å². The third kappa shape index (κ3) is 5.00. The van der Waals surface area contributed by atoms with E-state index in [0.29, 0.717) is 17.4 Å². The Morgan fingerprint density at radius 1 is 1.00 bits per heavy atom. The third-order valence-corrected chi connectivity index (χ3v) is 4.55. The predicted octanol–water partition coefficient (Wildman–Crippen LogP) is 4.18. The van der Waals surface area contributed by atoms with E-state index in [-0.39, 0.29) is 23.5 Å². The van der Waals surface area contributed by atoms with Crippen molar-refractivity contribution in [1.29, 1.82) is 0 Å². The molecule has 28 heavy (non-hydrogen) atoms. The molecule has 2 aromatic carbocycles. The molecule has 1 radical (unpaired) electrons. The molecule has 0 saturated heterocycles. The van der Waals surface area contributed by atoms with Crippen molar-refractivity contribution in [3.8, 4) is 11.5 Å². The van der Waals surface area contributed by atoms with Crippen molar-refractivity contribution in [1.82, 2.24) is 0 Å². The number of phenolic OH excluding ortho intramolecular Hbond substituents is 2. The van der Waals surface area contributed by atoms with Crippen molar-refractivity contribution in [3.05, 3.63) is 83.5 Å². The van der Waals surface area contributed by atoms with Crippen LogP contribution in [-0.4, -0.2) is 29.1 Å². The molecule has 5 heteroatoms. The zero-order chi connectivity index (χ0) is 19.9. The molecule has 3 rings (SSSR count). The van der Waals surface area contributed by atoms with Gasteiger partial charge in [0.05, 0.1) is 0 Å². The van der Waals surface area contributed by atoms with Crippen molar-refractivity contribution >= 4 is 18.9 Å². The van der Waals surface area contributed by atoms with Crippen molar-refractivity contribution < 1.29 is 19.7 Å². The van der Waals surface area contributed by atoms with Gasteiger partial charge >= 0.3 is 165 Å². The number of carbonyl (C=O) groups excluding carboxylic acids is 1. The van der Waals surface area contributed by atoms with Crippen LogP contribution in [0.4, 0.5) is 0 Å². The van der Waals surface area contributed by atoms with Crippen molar-refractivity contribution in [2.24, 2.45) is 0 Å². The Morgan fingerprint density at radius 2 is 1.75 bits per heavy atom. The molecule has 1 heterocycles. The molecular weight excluding hydrogens is 351 g/mol. The summed E-state index contributed by atoms with van der Waals surface area (Å²) in [7, 11) is 6.06. The summed E-state index contributed by atoms with van der Waals surface area (Å²) >= 11 is 0. The summed E-state index contributed by atoms with van der Waals surface area (Å²) in [5, 5.41) is 20.2. The van der Waals surface area contributed by atoms with Crippen molar-refractivity contribution in [3.63, 3.8) is 0 Å². The van der Waals surface area contributed by atoms with E-state index >= 15 is 0 Å². The van der Waals surface area contributed by atoms with Crippen LogP contribution < -0.4 is 0 Å². The van der Waals surface area contributed by atoms with Crippen molar-refractivity contribution in [2.75, 3.05) is 0 Å². The minimum absolute atomic E-state index is 0.0242. The quantitative estimate of drug-likeness (QED) is 0.447. The fourth-order valence-electron chi connectivity index (χ4n) is 3.20. The maximum atomic E-state index is 12.9. The number of allylic oxidation sites excluding steroid dienone is 3. The average Bonchev–Trinajstić information content (AvgIpc) is 2.65. The molecular formula is C23H22BO4. The van der Waals surface area contributed by atoms with Crippen LogP contribution >= 0.6 is 0 Å². The van der Waals surface area contributed by atoms with Gasteiger partial charge < -0.3 is 0 Å². The Kier molecular flexibility index (Phi) is 6.48. The molecule has 0 aliphatic carbocycles. The standard InChI is InChI=1S/C23H22BO4/c24-18-11-7-2-1-3-8-12-21(16-9-5-4-6-10-16)28-23(27)22-17(13-18)14-19(25)15-20(22)26/h3-11,14-15,21,25-26H,1-2,12-13H2/b8-3+,11-7+/t21-/m0/s1. The van der Waals surface area contributed by atoms with Crippen LogP contribution in [0.1, 0.15) is 46.9 Å². The van der Waals surface area contributed by atoms with E-state index in [1.54, 1.807) is 6.08 Å². The van der Waals surface area contributed by atoms with Crippen LogP contribution in [0.15, 0.2) is 66.8 Å². The number of esters is 1. The second kappa shape index (κ2) is 9.22. The second-order valence-corrected chi connectivity index (χ2v) is 6.74. The van der Waals surface area contributed by atoms with Gasteiger partial charge in [0.15, 0.2) is 0 Å². The monoisotopic (exact) mass is 373 g/mol. The van der Waals surface area contributed by atoms with Gasteiger partial charge in [0.25, 0.3) is 0 Å². The van der Waals surface area contributed by atoms with Gasteiger partial charge in [0.2, 0.25) is 0 Å². The van der Waals surface area contributed by atoms with E-state index < -0.39 is 12.1 Å². The van der Waals surface area contributed by atoms with Gasteiger partial charge in [-0.3, -0.25) is 0 Å². The van der Waals surface area contributed by atoms with Gasteiger partial charge in [0, 0.05) is 0 Å². The van der Waals surface area contributed by atoms with Crippen LogP contribution in [0.5, 0.6) is 11.5 Å². The molecule has 1 aliphatic heterocycles. The number of hydrogen-bond acceptors (Lipinski definition) is 4. The van der Waals surface area contributed by atoms with Gasteiger partial charge in [0.1, 0.15) is 0 Å². The molecule has 0 spiro atoms. The number of aromatic hydroxyl groups is 2. The summed E-state index contributed by atoms with van der Waals surface area (Å²) in [6, 6.07) is 12.1.